The molecule has 13 heavy (non-hydrogen) atoms. The van der Waals surface area contributed by atoms with Crippen molar-refractivity contribution >= 4 is 0 Å². The van der Waals surface area contributed by atoms with E-state index in [0.29, 0.717) is 0 Å². The predicted molar refractivity (Wildman–Crippen MR) is 43.9 cm³/mol. The van der Waals surface area contributed by atoms with Gasteiger partial charge in [-0.15, -0.1) is 0 Å². The Morgan fingerprint density at radius 1 is 1.15 bits per heavy atom. The molecule has 0 unspecified atom stereocenters. The quantitative estimate of drug-likeness (QED) is 0.775. The fourth-order valence-corrected chi connectivity index (χ4v) is 1.07. The van der Waals surface area contributed by atoms with Gasteiger partial charge < -0.3 is 5.73 Å². The van der Waals surface area contributed by atoms with E-state index in [1.807, 2.05) is 0 Å². The second-order valence-corrected chi connectivity index (χ2v) is 2.79. The summed E-state index contributed by atoms with van der Waals surface area (Å²) in [6.07, 6.45) is 0.0723. The normalized spacial score (nSPS) is 12.9. The summed E-state index contributed by atoms with van der Waals surface area (Å²) in [7, 11) is 0. The molecule has 0 radical (unpaired) electrons. The average Bonchev–Trinajstić information content (AvgIpc) is 2.03. The van der Waals surface area contributed by atoms with E-state index < -0.39 is 24.4 Å². The Bertz CT molecular complexity index is 268. The van der Waals surface area contributed by atoms with Crippen LogP contribution in [0.1, 0.15) is 18.0 Å². The number of benzene rings is 1. The monoisotopic (exact) mass is 189 g/mol. The van der Waals surface area contributed by atoms with Gasteiger partial charge in [0.05, 0.1) is 6.67 Å². The Morgan fingerprint density at radius 3 is 2.15 bits per heavy atom. The van der Waals surface area contributed by atoms with Crippen molar-refractivity contribution in [1.82, 2.24) is 0 Å². The van der Waals surface area contributed by atoms with Crippen LogP contribution in [0, 0.1) is 11.6 Å². The molecule has 4 heteroatoms. The molecule has 1 aromatic rings. The Kier molecular flexibility index (Phi) is 3.31. The van der Waals surface area contributed by atoms with Gasteiger partial charge in [-0.1, -0.05) is 0 Å². The van der Waals surface area contributed by atoms with Crippen LogP contribution in [-0.2, 0) is 0 Å². The molecule has 0 saturated heterocycles. The summed E-state index contributed by atoms with van der Waals surface area (Å²) in [4.78, 5) is 0. The number of hydrogen-bond acceptors (Lipinski definition) is 1. The van der Waals surface area contributed by atoms with Gasteiger partial charge in [0.1, 0.15) is 11.6 Å². The maximum Gasteiger partial charge on any atom is 0.126 e. The van der Waals surface area contributed by atoms with Gasteiger partial charge >= 0.3 is 0 Å². The van der Waals surface area contributed by atoms with E-state index in [0.717, 1.165) is 18.2 Å². The van der Waals surface area contributed by atoms with Crippen molar-refractivity contribution in [2.45, 2.75) is 12.5 Å². The van der Waals surface area contributed by atoms with E-state index in [-0.39, 0.29) is 12.0 Å². The van der Waals surface area contributed by atoms with Gasteiger partial charge in [-0.05, 0) is 24.1 Å². The molecule has 1 rings (SSSR count). The molecule has 1 atom stereocenters. The molecule has 0 bridgehead atoms. The number of alkyl halides is 1. The lowest BCUT2D eigenvalue weighted by atomic mass is 10.1. The van der Waals surface area contributed by atoms with Crippen molar-refractivity contribution in [2.75, 3.05) is 6.67 Å². The van der Waals surface area contributed by atoms with Gasteiger partial charge in [-0.3, -0.25) is 4.39 Å². The van der Waals surface area contributed by atoms with Gasteiger partial charge in [0.15, 0.2) is 0 Å². The van der Waals surface area contributed by atoms with Crippen LogP contribution < -0.4 is 5.73 Å². The summed E-state index contributed by atoms with van der Waals surface area (Å²) >= 11 is 0. The lowest BCUT2D eigenvalue weighted by molar-refractivity contribution is 0.440. The van der Waals surface area contributed by atoms with Crippen LogP contribution in [-0.4, -0.2) is 6.67 Å². The molecule has 0 spiro atoms. The second-order valence-electron chi connectivity index (χ2n) is 2.79. The second kappa shape index (κ2) is 4.28. The van der Waals surface area contributed by atoms with E-state index in [4.69, 9.17) is 5.73 Å². The fourth-order valence-electron chi connectivity index (χ4n) is 1.07. The lowest BCUT2D eigenvalue weighted by Gasteiger charge is -2.09. The average molecular weight is 189 g/mol. The van der Waals surface area contributed by atoms with Crippen LogP contribution in [0.3, 0.4) is 0 Å². The third-order valence-electron chi connectivity index (χ3n) is 1.73. The van der Waals surface area contributed by atoms with Crippen LogP contribution in [0.2, 0.25) is 0 Å². The molecule has 0 heterocycles. The predicted octanol–water partition coefficient (Wildman–Crippen LogP) is 2.32. The SMILES string of the molecule is N[C@@H](CCF)c1cc(F)cc(F)c1. The smallest absolute Gasteiger partial charge is 0.126 e. The Labute approximate surface area is 74.4 Å². The minimum absolute atomic E-state index is 0.0723. The van der Waals surface area contributed by atoms with Gasteiger partial charge in [-0.2, -0.15) is 0 Å². The van der Waals surface area contributed by atoms with E-state index in [2.05, 4.69) is 0 Å². The van der Waals surface area contributed by atoms with Crippen molar-refractivity contribution in [2.24, 2.45) is 5.73 Å². The molecule has 0 aliphatic heterocycles. The molecule has 0 aliphatic rings. The highest BCUT2D eigenvalue weighted by molar-refractivity contribution is 5.20. The fraction of sp³-hybridized carbons (Fsp3) is 0.333. The van der Waals surface area contributed by atoms with Crippen LogP contribution in [0.5, 0.6) is 0 Å². The van der Waals surface area contributed by atoms with Crippen LogP contribution in [0.25, 0.3) is 0 Å². The van der Waals surface area contributed by atoms with Crippen molar-refractivity contribution in [3.63, 3.8) is 0 Å². The van der Waals surface area contributed by atoms with Gasteiger partial charge in [0.25, 0.3) is 0 Å². The number of hydrogen-bond donors (Lipinski definition) is 1. The summed E-state index contributed by atoms with van der Waals surface area (Å²) in [6.45, 7) is -0.598. The first-order valence-corrected chi connectivity index (χ1v) is 3.91. The molecular formula is C9H10F3N. The highest BCUT2D eigenvalue weighted by Crippen LogP contribution is 2.16. The molecule has 0 aliphatic carbocycles. The lowest BCUT2D eigenvalue weighted by Crippen LogP contribution is -2.11. The number of rotatable bonds is 3. The van der Waals surface area contributed by atoms with E-state index in [1.54, 1.807) is 0 Å². The summed E-state index contributed by atoms with van der Waals surface area (Å²) in [6, 6.07) is 2.34. The maximum atomic E-state index is 12.6. The largest absolute Gasteiger partial charge is 0.324 e. The molecule has 2 N–H and O–H groups in total. The highest BCUT2D eigenvalue weighted by atomic mass is 19.1. The van der Waals surface area contributed by atoms with Crippen molar-refractivity contribution in [3.05, 3.63) is 35.4 Å². The minimum Gasteiger partial charge on any atom is -0.324 e. The molecule has 1 aromatic carbocycles. The van der Waals surface area contributed by atoms with E-state index in [9.17, 15) is 13.2 Å². The Balaban J connectivity index is 2.87. The third-order valence-corrected chi connectivity index (χ3v) is 1.73. The van der Waals surface area contributed by atoms with E-state index in [1.165, 1.54) is 0 Å². The summed E-state index contributed by atoms with van der Waals surface area (Å²) in [5.41, 5.74) is 5.76. The maximum absolute atomic E-state index is 12.6. The Morgan fingerprint density at radius 2 is 1.69 bits per heavy atom. The third kappa shape index (κ3) is 2.73. The van der Waals surface area contributed by atoms with Crippen molar-refractivity contribution in [3.8, 4) is 0 Å². The molecular weight excluding hydrogens is 179 g/mol. The van der Waals surface area contributed by atoms with E-state index >= 15 is 0 Å². The first-order chi connectivity index (χ1) is 6.13. The van der Waals surface area contributed by atoms with Crippen molar-refractivity contribution < 1.29 is 13.2 Å². The standard InChI is InChI=1S/C9H10F3N/c10-2-1-9(13)6-3-7(11)5-8(12)4-6/h3-5,9H,1-2,13H2/t9-/m0/s1. The summed E-state index contributed by atoms with van der Waals surface area (Å²) in [5, 5.41) is 0. The van der Waals surface area contributed by atoms with Gasteiger partial charge in [-0.25, -0.2) is 8.78 Å². The molecule has 0 amide bonds. The molecule has 0 saturated carbocycles. The topological polar surface area (TPSA) is 26.0 Å². The molecule has 0 fully saturated rings. The van der Waals surface area contributed by atoms with Crippen LogP contribution in [0.15, 0.2) is 18.2 Å². The Hall–Kier alpha value is -1.03. The van der Waals surface area contributed by atoms with Crippen LogP contribution in [0.4, 0.5) is 13.2 Å². The molecule has 72 valence electrons. The van der Waals surface area contributed by atoms with Crippen LogP contribution >= 0.6 is 0 Å². The first kappa shape index (κ1) is 10.1. The molecule has 0 aromatic heterocycles. The zero-order valence-electron chi connectivity index (χ0n) is 6.93. The summed E-state index contributed by atoms with van der Waals surface area (Å²) in [5.74, 6) is -1.38. The minimum atomic E-state index is -0.690. The number of halogens is 3. The zero-order valence-corrected chi connectivity index (χ0v) is 6.93. The zero-order chi connectivity index (χ0) is 9.84. The van der Waals surface area contributed by atoms with Gasteiger partial charge in [0, 0.05) is 12.1 Å². The first-order valence-electron chi connectivity index (χ1n) is 3.91. The highest BCUT2D eigenvalue weighted by Gasteiger charge is 2.08. The van der Waals surface area contributed by atoms with Crippen molar-refractivity contribution in [1.29, 1.82) is 0 Å². The summed E-state index contributed by atoms with van der Waals surface area (Å²) < 4.78 is 37.1. The molecule has 1 nitrogen and oxygen atoms in total. The number of nitrogens with two attached hydrogens (primary N) is 1. The van der Waals surface area contributed by atoms with Gasteiger partial charge in [0.2, 0.25) is 0 Å².